The van der Waals surface area contributed by atoms with E-state index in [0.717, 1.165) is 52.0 Å². The molecule has 2 aromatic heterocycles. The van der Waals surface area contributed by atoms with Gasteiger partial charge in [0.05, 0.1) is 38.8 Å². The van der Waals surface area contributed by atoms with Gasteiger partial charge in [0, 0.05) is 11.8 Å². The number of imidazole rings is 2. The van der Waals surface area contributed by atoms with Crippen LogP contribution in [0.25, 0.3) is 33.2 Å². The number of aromatic amines is 3. The van der Waals surface area contributed by atoms with Gasteiger partial charge in [-0.25, -0.2) is 14.7 Å². The lowest BCUT2D eigenvalue weighted by Crippen LogP contribution is -2.50. The van der Waals surface area contributed by atoms with Crippen molar-refractivity contribution in [3.63, 3.8) is 0 Å². The van der Waals surface area contributed by atoms with Gasteiger partial charge in [-0.2, -0.15) is 0 Å². The number of carbonyl (C=O) groups is 2. The highest BCUT2D eigenvalue weighted by molar-refractivity contribution is 6.35. The fourth-order valence-corrected chi connectivity index (χ4v) is 7.04. The van der Waals surface area contributed by atoms with Gasteiger partial charge in [0.25, 0.3) is 5.91 Å². The molecule has 46 heavy (non-hydrogen) atoms. The molecule has 2 heterocycles. The first-order valence-corrected chi connectivity index (χ1v) is 16.4. The molecule has 2 fully saturated rings. The number of H-pyrrole nitrogens is 3. The van der Waals surface area contributed by atoms with Gasteiger partial charge >= 0.3 is 5.69 Å². The number of nitrogens with one attached hydrogen (secondary N) is 3. The Morgan fingerprint density at radius 2 is 1.72 bits per heavy atom. The number of carbonyl (C=O) groups excluding carboxylic acids is 2. The molecule has 0 aliphatic heterocycles. The first-order chi connectivity index (χ1) is 22.2. The Labute approximate surface area is 270 Å². The van der Waals surface area contributed by atoms with Crippen molar-refractivity contribution < 1.29 is 9.59 Å². The summed E-state index contributed by atoms with van der Waals surface area (Å²) >= 11 is 6.50. The van der Waals surface area contributed by atoms with Crippen molar-refractivity contribution in [1.82, 2.24) is 19.9 Å². The second-order valence-corrected chi connectivity index (χ2v) is 13.4. The molecule has 2 aliphatic rings. The maximum atomic E-state index is 14.0. The molecule has 1 atom stereocenters. The minimum Gasteiger partial charge on any atom is -0.342 e. The summed E-state index contributed by atoms with van der Waals surface area (Å²) in [4.78, 5) is 54.8. The Kier molecular flexibility index (Phi) is 8.04. The summed E-state index contributed by atoms with van der Waals surface area (Å²) in [5.74, 6) is 0.827. The molecule has 7 N–H and O–H groups in total. The summed E-state index contributed by atoms with van der Waals surface area (Å²) in [5.41, 5.74) is 19.3. The zero-order chi connectivity index (χ0) is 32.1. The maximum Gasteiger partial charge on any atom is 0.323 e. The molecule has 7 rings (SSSR count). The highest BCUT2D eigenvalue weighted by atomic mass is 35.5. The van der Waals surface area contributed by atoms with Crippen molar-refractivity contribution >= 4 is 51.2 Å². The normalized spacial score (nSPS) is 19.0. The van der Waals surface area contributed by atoms with E-state index in [1.807, 2.05) is 24.3 Å². The molecule has 10 nitrogen and oxygen atoms in total. The van der Waals surface area contributed by atoms with Crippen molar-refractivity contribution in [3.8, 4) is 11.1 Å². The predicted molar refractivity (Wildman–Crippen MR) is 181 cm³/mol. The summed E-state index contributed by atoms with van der Waals surface area (Å²) in [7, 11) is 0. The van der Waals surface area contributed by atoms with Crippen LogP contribution in [0.1, 0.15) is 61.4 Å². The summed E-state index contributed by atoms with van der Waals surface area (Å²) in [6.45, 7) is 2.68. The SMILES string of the molecule is Cc1cc2[nH]c(C3CC3)nc2cc1-c1ccc(C[C@H](N)C(=O)N(c2cc(Cl)c3[nH]c(=O)[nH]c3c2)C(=O)[C@H]2CC[C@H](CN)CC2)cc1. The highest BCUT2D eigenvalue weighted by Gasteiger charge is 2.35. The summed E-state index contributed by atoms with van der Waals surface area (Å²) in [6, 6.07) is 14.4. The number of rotatable bonds is 8. The molecule has 2 saturated carbocycles. The number of imide groups is 1. The van der Waals surface area contributed by atoms with Crippen LogP contribution in [0.4, 0.5) is 5.69 Å². The Hall–Kier alpha value is -4.25. The molecular weight excluding hydrogens is 602 g/mol. The molecule has 0 bridgehead atoms. The first-order valence-electron chi connectivity index (χ1n) is 16.0. The second kappa shape index (κ2) is 12.2. The summed E-state index contributed by atoms with van der Waals surface area (Å²) in [6.07, 6.45) is 5.56. The fraction of sp³-hybridized carbons (Fsp3) is 0.371. The van der Waals surface area contributed by atoms with E-state index in [1.54, 1.807) is 6.07 Å². The van der Waals surface area contributed by atoms with Gasteiger partial charge < -0.3 is 26.4 Å². The van der Waals surface area contributed by atoms with Gasteiger partial charge in [-0.15, -0.1) is 0 Å². The smallest absolute Gasteiger partial charge is 0.323 e. The number of benzene rings is 3. The number of amides is 2. The Bertz CT molecular complexity index is 2000. The number of fused-ring (bicyclic) bond motifs is 2. The minimum atomic E-state index is -0.988. The Morgan fingerprint density at radius 3 is 2.41 bits per heavy atom. The summed E-state index contributed by atoms with van der Waals surface area (Å²) in [5, 5.41) is 0.222. The van der Waals surface area contributed by atoms with Crippen LogP contribution in [-0.4, -0.2) is 44.3 Å². The molecule has 3 aromatic carbocycles. The molecule has 0 unspecified atom stereocenters. The predicted octanol–water partition coefficient (Wildman–Crippen LogP) is 5.43. The van der Waals surface area contributed by atoms with Crippen LogP contribution in [0.5, 0.6) is 0 Å². The van der Waals surface area contributed by atoms with Crippen LogP contribution in [-0.2, 0) is 16.0 Å². The van der Waals surface area contributed by atoms with Gasteiger partial charge in [-0.1, -0.05) is 35.9 Å². The van der Waals surface area contributed by atoms with E-state index in [9.17, 15) is 14.4 Å². The van der Waals surface area contributed by atoms with Crippen molar-refractivity contribution in [2.75, 3.05) is 11.4 Å². The van der Waals surface area contributed by atoms with E-state index in [-0.39, 0.29) is 29.0 Å². The van der Waals surface area contributed by atoms with E-state index in [2.05, 4.69) is 34.0 Å². The van der Waals surface area contributed by atoms with Gasteiger partial charge in [0.2, 0.25) is 5.91 Å². The van der Waals surface area contributed by atoms with E-state index >= 15 is 0 Å². The third-order valence-electron chi connectivity index (χ3n) is 9.64. The number of aromatic nitrogens is 4. The van der Waals surface area contributed by atoms with Crippen molar-refractivity contribution in [2.45, 2.75) is 63.8 Å². The molecular formula is C35H38ClN7O3. The van der Waals surface area contributed by atoms with Crippen LogP contribution in [0, 0.1) is 18.8 Å². The molecule has 2 amide bonds. The van der Waals surface area contributed by atoms with Crippen molar-refractivity contribution in [2.24, 2.45) is 23.3 Å². The van der Waals surface area contributed by atoms with Crippen LogP contribution >= 0.6 is 11.6 Å². The van der Waals surface area contributed by atoms with E-state index in [0.29, 0.717) is 42.3 Å². The van der Waals surface area contributed by atoms with E-state index < -0.39 is 17.6 Å². The topological polar surface area (TPSA) is 167 Å². The van der Waals surface area contributed by atoms with Crippen LogP contribution in [0.15, 0.2) is 53.3 Å². The number of nitrogens with two attached hydrogens (primary N) is 2. The Morgan fingerprint density at radius 1 is 0.978 bits per heavy atom. The zero-order valence-corrected chi connectivity index (χ0v) is 26.5. The monoisotopic (exact) mass is 639 g/mol. The van der Waals surface area contributed by atoms with Crippen LogP contribution < -0.4 is 22.1 Å². The lowest BCUT2D eigenvalue weighted by molar-refractivity contribution is -0.130. The molecule has 0 saturated heterocycles. The van der Waals surface area contributed by atoms with E-state index in [1.165, 1.54) is 23.8 Å². The third-order valence-corrected chi connectivity index (χ3v) is 9.94. The number of nitrogens with zero attached hydrogens (tertiary/aromatic N) is 2. The largest absolute Gasteiger partial charge is 0.342 e. The molecule has 0 spiro atoms. The fourth-order valence-electron chi connectivity index (χ4n) is 6.78. The lowest BCUT2D eigenvalue weighted by atomic mass is 9.81. The summed E-state index contributed by atoms with van der Waals surface area (Å²) < 4.78 is 0. The standard InChI is InChI=1S/C35H38ClN7O3/c1-18-12-28-29(40-32(39-28)22-10-11-22)16-25(18)21-6-2-19(3-7-21)13-27(38)34(45)43(33(44)23-8-4-20(17-37)5-9-23)24-14-26(36)31-30(15-24)41-35(46)42-31/h2-3,6-7,12,14-16,20,22-23,27H,4-5,8-11,13,17,37-38H2,1H3,(H,39,40)(H2,41,42,46)/t20-,23-,27-/m0/s1. The zero-order valence-electron chi connectivity index (χ0n) is 25.7. The number of hydrogen-bond donors (Lipinski definition) is 5. The van der Waals surface area contributed by atoms with Gasteiger partial charge in [0.1, 0.15) is 5.82 Å². The molecule has 238 valence electrons. The number of hydrogen-bond acceptors (Lipinski definition) is 6. The first kappa shape index (κ1) is 30.4. The average molecular weight is 640 g/mol. The highest BCUT2D eigenvalue weighted by Crippen LogP contribution is 2.40. The molecule has 5 aromatic rings. The van der Waals surface area contributed by atoms with Crippen molar-refractivity contribution in [3.05, 3.63) is 81.0 Å². The Balaban J connectivity index is 1.13. The maximum absolute atomic E-state index is 14.0. The average Bonchev–Trinajstić information content (AvgIpc) is 3.71. The van der Waals surface area contributed by atoms with Gasteiger partial charge in [-0.05, 0) is 111 Å². The molecule has 0 radical (unpaired) electrons. The van der Waals surface area contributed by atoms with E-state index in [4.69, 9.17) is 28.1 Å². The molecule has 2 aliphatic carbocycles. The molecule has 11 heteroatoms. The van der Waals surface area contributed by atoms with Crippen LogP contribution in [0.2, 0.25) is 5.02 Å². The number of halogens is 1. The third kappa shape index (κ3) is 5.88. The lowest BCUT2D eigenvalue weighted by Gasteiger charge is -2.32. The van der Waals surface area contributed by atoms with Gasteiger partial charge in [-0.3, -0.25) is 9.59 Å². The van der Waals surface area contributed by atoms with Crippen LogP contribution in [0.3, 0.4) is 0 Å². The van der Waals surface area contributed by atoms with Gasteiger partial charge in [0.15, 0.2) is 0 Å². The second-order valence-electron chi connectivity index (χ2n) is 13.0. The quantitative estimate of drug-likeness (QED) is 0.152. The van der Waals surface area contributed by atoms with Crippen molar-refractivity contribution in [1.29, 1.82) is 0 Å². The number of anilines is 1. The number of aryl methyl sites for hydroxylation is 1. The minimum absolute atomic E-state index is 0.222.